The van der Waals surface area contributed by atoms with Crippen molar-refractivity contribution in [2.24, 2.45) is 0 Å². The van der Waals surface area contributed by atoms with E-state index in [9.17, 15) is 0 Å². The first-order valence-electron chi connectivity index (χ1n) is 4.66. The average molecular weight is 210 g/mol. The van der Waals surface area contributed by atoms with Crippen molar-refractivity contribution >= 4 is 17.4 Å². The van der Waals surface area contributed by atoms with Crippen LogP contribution in [-0.2, 0) is 6.54 Å². The van der Waals surface area contributed by atoms with Gasteiger partial charge in [0, 0.05) is 24.2 Å². The van der Waals surface area contributed by atoms with Gasteiger partial charge in [-0.3, -0.25) is 0 Å². The first-order chi connectivity index (χ1) is 6.67. The van der Waals surface area contributed by atoms with Gasteiger partial charge in [-0.05, 0) is 38.0 Å². The van der Waals surface area contributed by atoms with Gasteiger partial charge in [-0.1, -0.05) is 6.07 Å². The van der Waals surface area contributed by atoms with Crippen LogP contribution in [-0.4, -0.2) is 32.3 Å². The number of hydrogen-bond acceptors (Lipinski definition) is 3. The summed E-state index contributed by atoms with van der Waals surface area (Å²) in [6.07, 6.45) is 2.10. The van der Waals surface area contributed by atoms with Crippen LogP contribution in [0, 0.1) is 0 Å². The molecule has 0 heterocycles. The predicted octanol–water partition coefficient (Wildman–Crippen LogP) is 2.51. The van der Waals surface area contributed by atoms with E-state index in [4.69, 9.17) is 0 Å². The lowest BCUT2D eigenvalue weighted by Crippen LogP contribution is -2.10. The molecule has 1 aromatic carbocycles. The van der Waals surface area contributed by atoms with E-state index in [0.717, 1.165) is 6.54 Å². The summed E-state index contributed by atoms with van der Waals surface area (Å²) < 4.78 is 0. The zero-order valence-electron chi connectivity index (χ0n) is 9.29. The Kier molecular flexibility index (Phi) is 4.29. The van der Waals surface area contributed by atoms with E-state index in [-0.39, 0.29) is 0 Å². The lowest BCUT2D eigenvalue weighted by atomic mass is 10.2. The summed E-state index contributed by atoms with van der Waals surface area (Å²) in [6.45, 7) is 0.989. The molecule has 0 amide bonds. The number of anilines is 1. The summed E-state index contributed by atoms with van der Waals surface area (Å²) in [4.78, 5) is 3.48. The molecule has 0 aromatic heterocycles. The minimum atomic E-state index is 0.989. The van der Waals surface area contributed by atoms with Crippen molar-refractivity contribution in [1.82, 2.24) is 4.90 Å². The molecular weight excluding hydrogens is 192 g/mol. The Morgan fingerprint density at radius 1 is 1.36 bits per heavy atom. The van der Waals surface area contributed by atoms with Crippen molar-refractivity contribution in [2.75, 3.05) is 32.7 Å². The van der Waals surface area contributed by atoms with Crippen LogP contribution in [0.2, 0.25) is 0 Å². The lowest BCUT2D eigenvalue weighted by Gasteiger charge is -2.13. The topological polar surface area (TPSA) is 15.3 Å². The largest absolute Gasteiger partial charge is 0.387 e. The SMILES string of the molecule is CNc1cc(CN(C)C)ccc1SC. The Balaban J connectivity index is 2.89. The van der Waals surface area contributed by atoms with Crippen LogP contribution in [0.4, 0.5) is 5.69 Å². The fourth-order valence-corrected chi connectivity index (χ4v) is 2.00. The molecule has 14 heavy (non-hydrogen) atoms. The van der Waals surface area contributed by atoms with Gasteiger partial charge >= 0.3 is 0 Å². The summed E-state index contributed by atoms with van der Waals surface area (Å²) in [7, 11) is 6.14. The smallest absolute Gasteiger partial charge is 0.0478 e. The summed E-state index contributed by atoms with van der Waals surface area (Å²) in [5, 5.41) is 3.22. The van der Waals surface area contributed by atoms with E-state index in [1.807, 2.05) is 7.05 Å². The number of nitrogens with zero attached hydrogens (tertiary/aromatic N) is 1. The summed E-state index contributed by atoms with van der Waals surface area (Å²) in [6, 6.07) is 6.58. The van der Waals surface area contributed by atoms with Crippen LogP contribution < -0.4 is 5.32 Å². The normalized spacial score (nSPS) is 10.6. The molecule has 0 bridgehead atoms. The molecule has 0 radical (unpaired) electrons. The molecule has 1 N–H and O–H groups in total. The minimum absolute atomic E-state index is 0.989. The van der Waals surface area contributed by atoms with Gasteiger partial charge in [0.05, 0.1) is 0 Å². The van der Waals surface area contributed by atoms with Crippen LogP contribution in [0.15, 0.2) is 23.1 Å². The highest BCUT2D eigenvalue weighted by Gasteiger charge is 2.01. The number of hydrogen-bond donors (Lipinski definition) is 1. The van der Waals surface area contributed by atoms with Gasteiger partial charge in [0.2, 0.25) is 0 Å². The van der Waals surface area contributed by atoms with Gasteiger partial charge in [0.15, 0.2) is 0 Å². The molecule has 0 aliphatic heterocycles. The maximum atomic E-state index is 3.22. The number of nitrogens with one attached hydrogen (secondary N) is 1. The lowest BCUT2D eigenvalue weighted by molar-refractivity contribution is 0.402. The minimum Gasteiger partial charge on any atom is -0.387 e. The summed E-state index contributed by atoms with van der Waals surface area (Å²) in [5.74, 6) is 0. The van der Waals surface area contributed by atoms with E-state index in [2.05, 4.69) is 48.8 Å². The van der Waals surface area contributed by atoms with Crippen LogP contribution in [0.5, 0.6) is 0 Å². The average Bonchev–Trinajstić information content (AvgIpc) is 2.16. The van der Waals surface area contributed by atoms with Crippen molar-refractivity contribution in [3.05, 3.63) is 23.8 Å². The summed E-state index contributed by atoms with van der Waals surface area (Å²) >= 11 is 1.77. The number of thioether (sulfide) groups is 1. The number of benzene rings is 1. The Morgan fingerprint density at radius 2 is 2.07 bits per heavy atom. The van der Waals surface area contributed by atoms with Gasteiger partial charge in [0.1, 0.15) is 0 Å². The highest BCUT2D eigenvalue weighted by molar-refractivity contribution is 7.98. The van der Waals surface area contributed by atoms with Gasteiger partial charge in [0.25, 0.3) is 0 Å². The molecule has 0 atom stereocenters. The quantitative estimate of drug-likeness (QED) is 0.769. The third-order valence-corrected chi connectivity index (χ3v) is 2.83. The predicted molar refractivity (Wildman–Crippen MR) is 65.2 cm³/mol. The molecule has 0 fully saturated rings. The van der Waals surface area contributed by atoms with E-state index >= 15 is 0 Å². The molecule has 0 spiro atoms. The second-order valence-corrected chi connectivity index (χ2v) is 4.37. The van der Waals surface area contributed by atoms with Crippen molar-refractivity contribution < 1.29 is 0 Å². The molecule has 0 unspecified atom stereocenters. The molecule has 3 heteroatoms. The Morgan fingerprint density at radius 3 is 2.57 bits per heavy atom. The maximum Gasteiger partial charge on any atom is 0.0478 e. The third-order valence-electron chi connectivity index (χ3n) is 2.03. The van der Waals surface area contributed by atoms with Gasteiger partial charge in [-0.2, -0.15) is 0 Å². The van der Waals surface area contributed by atoms with Crippen molar-refractivity contribution in [3.8, 4) is 0 Å². The second-order valence-electron chi connectivity index (χ2n) is 3.52. The molecule has 0 aliphatic rings. The van der Waals surface area contributed by atoms with Crippen molar-refractivity contribution in [3.63, 3.8) is 0 Å². The van der Waals surface area contributed by atoms with Crippen LogP contribution in [0.25, 0.3) is 0 Å². The van der Waals surface area contributed by atoms with Crippen molar-refractivity contribution in [2.45, 2.75) is 11.4 Å². The summed E-state index contributed by atoms with van der Waals surface area (Å²) in [5.41, 5.74) is 2.56. The molecular formula is C11H18N2S. The van der Waals surface area contributed by atoms with E-state index < -0.39 is 0 Å². The molecule has 78 valence electrons. The molecule has 0 saturated heterocycles. The van der Waals surface area contributed by atoms with E-state index in [1.165, 1.54) is 16.1 Å². The van der Waals surface area contributed by atoms with Gasteiger partial charge < -0.3 is 10.2 Å². The third kappa shape index (κ3) is 2.93. The van der Waals surface area contributed by atoms with Crippen LogP contribution >= 0.6 is 11.8 Å². The van der Waals surface area contributed by atoms with Crippen molar-refractivity contribution in [1.29, 1.82) is 0 Å². The fourth-order valence-electron chi connectivity index (χ4n) is 1.41. The monoisotopic (exact) mass is 210 g/mol. The maximum absolute atomic E-state index is 3.22. The van der Waals surface area contributed by atoms with Gasteiger partial charge in [-0.15, -0.1) is 11.8 Å². The zero-order chi connectivity index (χ0) is 10.6. The zero-order valence-corrected chi connectivity index (χ0v) is 10.1. The fraction of sp³-hybridized carbons (Fsp3) is 0.455. The standard InChI is InChI=1S/C11H18N2S/c1-12-10-7-9(8-13(2)3)5-6-11(10)14-4/h5-7,12H,8H2,1-4H3. The molecule has 2 nitrogen and oxygen atoms in total. The molecule has 1 rings (SSSR count). The van der Waals surface area contributed by atoms with E-state index in [0.29, 0.717) is 0 Å². The Bertz CT molecular complexity index is 297. The first-order valence-corrected chi connectivity index (χ1v) is 5.89. The molecule has 1 aromatic rings. The number of rotatable bonds is 4. The Hall–Kier alpha value is -0.670. The Labute approximate surface area is 90.7 Å². The highest BCUT2D eigenvalue weighted by Crippen LogP contribution is 2.26. The molecule has 0 saturated carbocycles. The van der Waals surface area contributed by atoms with Gasteiger partial charge in [-0.25, -0.2) is 0 Å². The first kappa shape index (κ1) is 11.4. The van der Waals surface area contributed by atoms with Crippen LogP contribution in [0.3, 0.4) is 0 Å². The second kappa shape index (κ2) is 5.27. The van der Waals surface area contributed by atoms with E-state index in [1.54, 1.807) is 11.8 Å². The molecule has 0 aliphatic carbocycles. The highest BCUT2D eigenvalue weighted by atomic mass is 32.2. The van der Waals surface area contributed by atoms with Crippen LogP contribution in [0.1, 0.15) is 5.56 Å².